The fraction of sp³-hybridized carbons (Fsp3) is 0.938. The molecule has 0 aromatic carbocycles. The van der Waals surface area contributed by atoms with E-state index in [1.165, 1.54) is 19.3 Å². The molecule has 0 aromatic heterocycles. The number of urea groups is 1. The SMILES string of the molecule is C[C@@H]1CCCC[C@H]1OCCNC(=O)N1CC[S@@](=O)[C@@H](C)[C@@H]1C. The summed E-state index contributed by atoms with van der Waals surface area (Å²) in [5, 5.41) is 2.98. The highest BCUT2D eigenvalue weighted by molar-refractivity contribution is 7.85. The Kier molecular flexibility index (Phi) is 6.68. The lowest BCUT2D eigenvalue weighted by molar-refractivity contribution is -0.00280. The smallest absolute Gasteiger partial charge is 0.317 e. The number of hydrogen-bond donors (Lipinski definition) is 1. The van der Waals surface area contributed by atoms with E-state index in [4.69, 9.17) is 4.74 Å². The summed E-state index contributed by atoms with van der Waals surface area (Å²) in [5.41, 5.74) is 0. The first-order chi connectivity index (χ1) is 10.5. The first kappa shape index (κ1) is 17.7. The zero-order valence-corrected chi connectivity index (χ0v) is 14.9. The van der Waals surface area contributed by atoms with E-state index in [0.29, 0.717) is 37.5 Å². The lowest BCUT2D eigenvalue weighted by atomic mass is 9.88. The molecular formula is C16H30N2O3S. The molecule has 0 unspecified atom stereocenters. The largest absolute Gasteiger partial charge is 0.376 e. The predicted molar refractivity (Wildman–Crippen MR) is 89.4 cm³/mol. The molecule has 1 N–H and O–H groups in total. The first-order valence-electron chi connectivity index (χ1n) is 8.54. The minimum Gasteiger partial charge on any atom is -0.376 e. The van der Waals surface area contributed by atoms with Crippen molar-refractivity contribution in [2.75, 3.05) is 25.4 Å². The Morgan fingerprint density at radius 3 is 2.73 bits per heavy atom. The molecule has 1 saturated heterocycles. The van der Waals surface area contributed by atoms with E-state index >= 15 is 0 Å². The minimum absolute atomic E-state index is 0.0221. The number of carbonyl (C=O) groups is 1. The summed E-state index contributed by atoms with van der Waals surface area (Å²) in [6.45, 7) is 7.87. The van der Waals surface area contributed by atoms with Crippen LogP contribution in [0, 0.1) is 5.92 Å². The normalized spacial score (nSPS) is 36.1. The van der Waals surface area contributed by atoms with Crippen LogP contribution in [0.2, 0.25) is 0 Å². The molecule has 0 bridgehead atoms. The Hall–Kier alpha value is -0.620. The highest BCUT2D eigenvalue weighted by atomic mass is 32.2. The summed E-state index contributed by atoms with van der Waals surface area (Å²) >= 11 is 0. The Morgan fingerprint density at radius 2 is 2.00 bits per heavy atom. The molecular weight excluding hydrogens is 300 g/mol. The van der Waals surface area contributed by atoms with Crippen molar-refractivity contribution in [3.63, 3.8) is 0 Å². The van der Waals surface area contributed by atoms with Gasteiger partial charge in [-0.15, -0.1) is 0 Å². The molecule has 0 radical (unpaired) electrons. The molecule has 1 aliphatic carbocycles. The van der Waals surface area contributed by atoms with Gasteiger partial charge in [-0.2, -0.15) is 0 Å². The van der Waals surface area contributed by atoms with Crippen LogP contribution in [0.15, 0.2) is 0 Å². The molecule has 0 aromatic rings. The van der Waals surface area contributed by atoms with Crippen LogP contribution in [0.25, 0.3) is 0 Å². The molecule has 1 heterocycles. The van der Waals surface area contributed by atoms with Gasteiger partial charge in [0.05, 0.1) is 18.0 Å². The fourth-order valence-electron chi connectivity index (χ4n) is 3.34. The van der Waals surface area contributed by atoms with Gasteiger partial charge in [0, 0.05) is 35.7 Å². The van der Waals surface area contributed by atoms with E-state index in [9.17, 15) is 9.00 Å². The number of nitrogens with one attached hydrogen (secondary N) is 1. The van der Waals surface area contributed by atoms with Gasteiger partial charge >= 0.3 is 6.03 Å². The van der Waals surface area contributed by atoms with Gasteiger partial charge in [-0.05, 0) is 32.6 Å². The molecule has 2 fully saturated rings. The predicted octanol–water partition coefficient (Wildman–Crippen LogP) is 2.13. The number of hydrogen-bond acceptors (Lipinski definition) is 3. The molecule has 128 valence electrons. The van der Waals surface area contributed by atoms with Crippen molar-refractivity contribution in [2.24, 2.45) is 5.92 Å². The van der Waals surface area contributed by atoms with Crippen LogP contribution < -0.4 is 5.32 Å². The van der Waals surface area contributed by atoms with Crippen molar-refractivity contribution >= 4 is 16.8 Å². The standard InChI is InChI=1S/C16H30N2O3S/c1-12-6-4-5-7-15(12)21-10-8-17-16(19)18-9-11-22(20)14(3)13(18)2/h12-15H,4-11H2,1-3H3,(H,17,19)/t12-,13+,14+,15-,22-/m1/s1. The zero-order chi connectivity index (χ0) is 16.1. The Morgan fingerprint density at radius 1 is 1.27 bits per heavy atom. The van der Waals surface area contributed by atoms with Crippen molar-refractivity contribution in [2.45, 2.75) is 63.9 Å². The van der Waals surface area contributed by atoms with Crippen molar-refractivity contribution < 1.29 is 13.7 Å². The highest BCUT2D eigenvalue weighted by Crippen LogP contribution is 2.26. The number of ether oxygens (including phenoxy) is 1. The van der Waals surface area contributed by atoms with Gasteiger partial charge < -0.3 is 15.0 Å². The van der Waals surface area contributed by atoms with Crippen LogP contribution in [-0.2, 0) is 15.5 Å². The summed E-state index contributed by atoms with van der Waals surface area (Å²) < 4.78 is 17.7. The Labute approximate surface area is 136 Å². The molecule has 22 heavy (non-hydrogen) atoms. The number of rotatable bonds is 4. The van der Waals surface area contributed by atoms with E-state index in [-0.39, 0.29) is 17.3 Å². The van der Waals surface area contributed by atoms with Gasteiger partial charge in [-0.1, -0.05) is 19.8 Å². The molecule has 2 amide bonds. The summed E-state index contributed by atoms with van der Waals surface area (Å²) in [6.07, 6.45) is 5.30. The molecule has 1 aliphatic heterocycles. The Balaban J connectivity index is 1.68. The van der Waals surface area contributed by atoms with Gasteiger partial charge in [0.25, 0.3) is 0 Å². The average Bonchev–Trinajstić information content (AvgIpc) is 2.50. The number of carbonyl (C=O) groups excluding carboxylic acids is 1. The van der Waals surface area contributed by atoms with E-state index in [2.05, 4.69) is 12.2 Å². The van der Waals surface area contributed by atoms with E-state index in [0.717, 1.165) is 6.42 Å². The third kappa shape index (κ3) is 4.44. The molecule has 2 aliphatic rings. The maximum Gasteiger partial charge on any atom is 0.317 e. The van der Waals surface area contributed by atoms with Crippen LogP contribution in [-0.4, -0.2) is 58.0 Å². The number of nitrogens with zero attached hydrogens (tertiary/aromatic N) is 1. The monoisotopic (exact) mass is 330 g/mol. The topological polar surface area (TPSA) is 58.6 Å². The van der Waals surface area contributed by atoms with Gasteiger partial charge in [0.1, 0.15) is 0 Å². The van der Waals surface area contributed by atoms with Gasteiger partial charge in [0.15, 0.2) is 0 Å². The maximum atomic E-state index is 12.2. The van der Waals surface area contributed by atoms with Gasteiger partial charge in [0.2, 0.25) is 0 Å². The van der Waals surface area contributed by atoms with Crippen LogP contribution in [0.1, 0.15) is 46.5 Å². The van der Waals surface area contributed by atoms with Crippen LogP contribution in [0.4, 0.5) is 4.79 Å². The van der Waals surface area contributed by atoms with E-state index in [1.807, 2.05) is 13.8 Å². The summed E-state index contributed by atoms with van der Waals surface area (Å²) in [7, 11) is -0.813. The first-order valence-corrected chi connectivity index (χ1v) is 9.92. The van der Waals surface area contributed by atoms with E-state index in [1.54, 1.807) is 4.90 Å². The fourth-order valence-corrected chi connectivity index (χ4v) is 4.67. The van der Waals surface area contributed by atoms with Gasteiger partial charge in [-0.25, -0.2) is 4.79 Å². The molecule has 1 saturated carbocycles. The van der Waals surface area contributed by atoms with Crippen molar-refractivity contribution in [3.05, 3.63) is 0 Å². The van der Waals surface area contributed by atoms with Crippen molar-refractivity contribution in [3.8, 4) is 0 Å². The summed E-state index contributed by atoms with van der Waals surface area (Å²) in [6, 6.07) is -0.0368. The molecule has 6 heteroatoms. The van der Waals surface area contributed by atoms with Crippen LogP contribution in [0.5, 0.6) is 0 Å². The average molecular weight is 330 g/mol. The molecule has 5 nitrogen and oxygen atoms in total. The van der Waals surface area contributed by atoms with Crippen LogP contribution in [0.3, 0.4) is 0 Å². The molecule has 2 rings (SSSR count). The minimum atomic E-state index is -0.813. The third-order valence-corrected chi connectivity index (χ3v) is 6.93. The zero-order valence-electron chi connectivity index (χ0n) is 14.0. The summed E-state index contributed by atoms with van der Waals surface area (Å²) in [5.74, 6) is 1.21. The quantitative estimate of drug-likeness (QED) is 0.804. The second-order valence-electron chi connectivity index (χ2n) is 6.63. The molecule has 5 atom stereocenters. The lowest BCUT2D eigenvalue weighted by Crippen LogP contribution is -2.55. The molecule has 0 spiro atoms. The lowest BCUT2D eigenvalue weighted by Gasteiger charge is -2.37. The second kappa shape index (κ2) is 8.29. The highest BCUT2D eigenvalue weighted by Gasteiger charge is 2.32. The van der Waals surface area contributed by atoms with E-state index < -0.39 is 10.8 Å². The van der Waals surface area contributed by atoms with Crippen LogP contribution >= 0.6 is 0 Å². The van der Waals surface area contributed by atoms with Crippen molar-refractivity contribution in [1.29, 1.82) is 0 Å². The number of amides is 2. The summed E-state index contributed by atoms with van der Waals surface area (Å²) in [4.78, 5) is 14.0. The van der Waals surface area contributed by atoms with Gasteiger partial charge in [-0.3, -0.25) is 4.21 Å². The maximum absolute atomic E-state index is 12.2. The third-order valence-electron chi connectivity index (χ3n) is 5.12. The second-order valence-corrected chi connectivity index (χ2v) is 8.54. The Bertz CT molecular complexity index is 405. The van der Waals surface area contributed by atoms with Crippen molar-refractivity contribution in [1.82, 2.24) is 10.2 Å².